The Balaban J connectivity index is 2.23. The molecule has 0 aliphatic rings. The van der Waals surface area contributed by atoms with Gasteiger partial charge >= 0.3 is 5.97 Å². The Morgan fingerprint density at radius 2 is 2.11 bits per heavy atom. The summed E-state index contributed by atoms with van der Waals surface area (Å²) in [5.74, 6) is 0.234. The number of hydrogen-bond acceptors (Lipinski definition) is 3. The lowest BCUT2D eigenvalue weighted by atomic mass is 10.1. The Morgan fingerprint density at radius 3 is 2.72 bits per heavy atom. The van der Waals surface area contributed by atoms with Crippen LogP contribution < -0.4 is 0 Å². The van der Waals surface area contributed by atoms with Gasteiger partial charge in [0.2, 0.25) is 5.89 Å². The standard InChI is InChI=1S/C14H13NO3/c1-2-3-4-12-9-15-13(18-12)10-5-7-11(8-6-10)14(16)17/h3-9H,2H2,1H3,(H,16,17)/b4-3+. The summed E-state index contributed by atoms with van der Waals surface area (Å²) in [6, 6.07) is 6.43. The van der Waals surface area contributed by atoms with Crippen molar-refractivity contribution >= 4 is 12.0 Å². The summed E-state index contributed by atoms with van der Waals surface area (Å²) in [4.78, 5) is 14.9. The maximum absolute atomic E-state index is 10.7. The van der Waals surface area contributed by atoms with Gasteiger partial charge in [0, 0.05) is 5.56 Å². The van der Waals surface area contributed by atoms with Crippen molar-refractivity contribution in [3.8, 4) is 11.5 Å². The Kier molecular flexibility index (Phi) is 3.57. The number of aromatic carboxylic acids is 1. The average Bonchev–Trinajstić information content (AvgIpc) is 2.85. The summed E-state index contributed by atoms with van der Waals surface area (Å²) in [6.07, 6.45) is 6.43. The van der Waals surface area contributed by atoms with Crippen LogP contribution in [0.2, 0.25) is 0 Å². The second-order valence-electron chi connectivity index (χ2n) is 3.76. The Bertz CT molecular complexity index is 567. The van der Waals surface area contributed by atoms with Gasteiger partial charge in [-0.2, -0.15) is 0 Å². The molecule has 0 aliphatic heterocycles. The summed E-state index contributed by atoms with van der Waals surface area (Å²) in [7, 11) is 0. The number of carboxylic acids is 1. The van der Waals surface area contributed by atoms with Crippen LogP contribution in [0.4, 0.5) is 0 Å². The minimum atomic E-state index is -0.944. The highest BCUT2D eigenvalue weighted by Crippen LogP contribution is 2.20. The first-order chi connectivity index (χ1) is 8.70. The van der Waals surface area contributed by atoms with Gasteiger partial charge in [-0.3, -0.25) is 0 Å². The molecule has 4 heteroatoms. The molecule has 1 N–H and O–H groups in total. The third-order valence-electron chi connectivity index (χ3n) is 2.42. The van der Waals surface area contributed by atoms with E-state index in [1.165, 1.54) is 12.1 Å². The zero-order chi connectivity index (χ0) is 13.0. The van der Waals surface area contributed by atoms with E-state index in [0.29, 0.717) is 11.7 Å². The number of hydrogen-bond donors (Lipinski definition) is 1. The number of oxazole rings is 1. The van der Waals surface area contributed by atoms with Crippen LogP contribution in [0.15, 0.2) is 41.0 Å². The van der Waals surface area contributed by atoms with E-state index >= 15 is 0 Å². The molecule has 0 spiro atoms. The molecule has 0 fully saturated rings. The molecular weight excluding hydrogens is 230 g/mol. The van der Waals surface area contributed by atoms with Crippen LogP contribution in [0.5, 0.6) is 0 Å². The van der Waals surface area contributed by atoms with Crippen molar-refractivity contribution in [3.05, 3.63) is 47.9 Å². The van der Waals surface area contributed by atoms with Crippen molar-refractivity contribution in [1.82, 2.24) is 4.98 Å². The van der Waals surface area contributed by atoms with Gasteiger partial charge in [0.1, 0.15) is 5.76 Å². The van der Waals surface area contributed by atoms with Gasteiger partial charge in [-0.1, -0.05) is 13.0 Å². The summed E-state index contributed by atoms with van der Waals surface area (Å²) in [5.41, 5.74) is 1.01. The average molecular weight is 243 g/mol. The first-order valence-corrected chi connectivity index (χ1v) is 5.67. The van der Waals surface area contributed by atoms with Gasteiger partial charge in [-0.15, -0.1) is 0 Å². The number of benzene rings is 1. The number of rotatable bonds is 4. The van der Waals surface area contributed by atoms with Crippen molar-refractivity contribution < 1.29 is 14.3 Å². The van der Waals surface area contributed by atoms with Gasteiger partial charge in [0.25, 0.3) is 0 Å². The summed E-state index contributed by atoms with van der Waals surface area (Å²) in [5, 5.41) is 8.80. The van der Waals surface area contributed by atoms with E-state index in [0.717, 1.165) is 12.0 Å². The molecule has 0 bridgehead atoms. The van der Waals surface area contributed by atoms with Gasteiger partial charge in [-0.25, -0.2) is 9.78 Å². The minimum Gasteiger partial charge on any atom is -0.478 e. The lowest BCUT2D eigenvalue weighted by molar-refractivity contribution is 0.0697. The van der Waals surface area contributed by atoms with Crippen LogP contribution in [-0.4, -0.2) is 16.1 Å². The van der Waals surface area contributed by atoms with Crippen LogP contribution in [0, 0.1) is 0 Å². The van der Waals surface area contributed by atoms with Crippen LogP contribution in [0.1, 0.15) is 29.5 Å². The fraction of sp³-hybridized carbons (Fsp3) is 0.143. The topological polar surface area (TPSA) is 63.3 Å². The van der Waals surface area contributed by atoms with Crippen LogP contribution in [0.25, 0.3) is 17.5 Å². The predicted molar refractivity (Wildman–Crippen MR) is 68.2 cm³/mol. The monoisotopic (exact) mass is 243 g/mol. The fourth-order valence-electron chi connectivity index (χ4n) is 1.49. The van der Waals surface area contributed by atoms with Crippen molar-refractivity contribution in [2.45, 2.75) is 13.3 Å². The molecule has 1 heterocycles. The maximum Gasteiger partial charge on any atom is 0.335 e. The lowest BCUT2D eigenvalue weighted by Crippen LogP contribution is -1.94. The number of carbonyl (C=O) groups is 1. The second kappa shape index (κ2) is 5.31. The number of nitrogens with zero attached hydrogens (tertiary/aromatic N) is 1. The summed E-state index contributed by atoms with van der Waals surface area (Å²) in [6.45, 7) is 2.04. The van der Waals surface area contributed by atoms with Crippen LogP contribution in [-0.2, 0) is 0 Å². The minimum absolute atomic E-state index is 0.247. The fourth-order valence-corrected chi connectivity index (χ4v) is 1.49. The largest absolute Gasteiger partial charge is 0.478 e. The second-order valence-corrected chi connectivity index (χ2v) is 3.76. The first-order valence-electron chi connectivity index (χ1n) is 5.67. The normalized spacial score (nSPS) is 10.9. The van der Waals surface area contributed by atoms with Gasteiger partial charge in [0.15, 0.2) is 0 Å². The maximum atomic E-state index is 10.7. The Hall–Kier alpha value is -2.36. The van der Waals surface area contributed by atoms with Crippen molar-refractivity contribution in [2.75, 3.05) is 0 Å². The number of allylic oxidation sites excluding steroid dienone is 1. The smallest absolute Gasteiger partial charge is 0.335 e. The van der Waals surface area contributed by atoms with E-state index in [1.54, 1.807) is 18.3 Å². The van der Waals surface area contributed by atoms with Gasteiger partial charge < -0.3 is 9.52 Å². The molecule has 92 valence electrons. The van der Waals surface area contributed by atoms with Gasteiger partial charge in [0.05, 0.1) is 11.8 Å². The van der Waals surface area contributed by atoms with E-state index in [4.69, 9.17) is 9.52 Å². The highest BCUT2D eigenvalue weighted by molar-refractivity contribution is 5.88. The molecule has 0 unspecified atom stereocenters. The molecule has 0 saturated heterocycles. The predicted octanol–water partition coefficient (Wildman–Crippen LogP) is 3.46. The molecule has 0 saturated carbocycles. The summed E-state index contributed by atoms with van der Waals surface area (Å²) < 4.78 is 5.53. The number of carboxylic acid groups (broad SMARTS) is 1. The molecule has 0 atom stereocenters. The molecule has 4 nitrogen and oxygen atoms in total. The SMILES string of the molecule is CC/C=C/c1cnc(-c2ccc(C(=O)O)cc2)o1. The van der Waals surface area contributed by atoms with E-state index in [9.17, 15) is 4.79 Å². The molecule has 0 radical (unpaired) electrons. The zero-order valence-electron chi connectivity index (χ0n) is 9.96. The van der Waals surface area contributed by atoms with Crippen molar-refractivity contribution in [2.24, 2.45) is 0 Å². The number of aromatic nitrogens is 1. The van der Waals surface area contributed by atoms with E-state index in [1.807, 2.05) is 19.1 Å². The first kappa shape index (κ1) is 12.1. The molecule has 1 aromatic carbocycles. The van der Waals surface area contributed by atoms with Crippen molar-refractivity contribution in [1.29, 1.82) is 0 Å². The quantitative estimate of drug-likeness (QED) is 0.893. The molecule has 2 rings (SSSR count). The third-order valence-corrected chi connectivity index (χ3v) is 2.42. The van der Waals surface area contributed by atoms with Crippen LogP contribution >= 0.6 is 0 Å². The molecule has 2 aromatic rings. The molecule has 1 aromatic heterocycles. The van der Waals surface area contributed by atoms with E-state index in [-0.39, 0.29) is 5.56 Å². The third kappa shape index (κ3) is 2.66. The highest BCUT2D eigenvalue weighted by atomic mass is 16.4. The Labute approximate surface area is 105 Å². The van der Waals surface area contributed by atoms with Crippen molar-refractivity contribution in [3.63, 3.8) is 0 Å². The molecule has 0 aliphatic carbocycles. The van der Waals surface area contributed by atoms with Crippen LogP contribution in [0.3, 0.4) is 0 Å². The molecular formula is C14H13NO3. The Morgan fingerprint density at radius 1 is 1.39 bits per heavy atom. The highest BCUT2D eigenvalue weighted by Gasteiger charge is 2.07. The molecule has 0 amide bonds. The van der Waals surface area contributed by atoms with Gasteiger partial charge in [-0.05, 0) is 36.8 Å². The summed E-state index contributed by atoms with van der Waals surface area (Å²) >= 11 is 0. The molecule has 18 heavy (non-hydrogen) atoms. The van der Waals surface area contributed by atoms with E-state index in [2.05, 4.69) is 4.98 Å². The zero-order valence-corrected chi connectivity index (χ0v) is 9.96. The van der Waals surface area contributed by atoms with E-state index < -0.39 is 5.97 Å². The lowest BCUT2D eigenvalue weighted by Gasteiger charge is -1.96.